The van der Waals surface area contributed by atoms with Crippen LogP contribution in [0.2, 0.25) is 0 Å². The van der Waals surface area contributed by atoms with Gasteiger partial charge >= 0.3 is 0 Å². The molecule has 1 aliphatic carbocycles. The highest BCUT2D eigenvalue weighted by Crippen LogP contribution is 2.28. The number of halogens is 4. The van der Waals surface area contributed by atoms with Crippen LogP contribution in [0.1, 0.15) is 25.7 Å². The minimum atomic E-state index is -1.86. The fourth-order valence-corrected chi connectivity index (χ4v) is 1.76. The molecule has 0 aromatic heterocycles. The van der Waals surface area contributed by atoms with Gasteiger partial charge in [0, 0.05) is 0 Å². The molecule has 0 amide bonds. The van der Waals surface area contributed by atoms with E-state index >= 15 is 0 Å². The summed E-state index contributed by atoms with van der Waals surface area (Å²) in [6, 6.07) is 1.73. The van der Waals surface area contributed by atoms with Gasteiger partial charge in [-0.1, -0.05) is 0 Å². The van der Waals surface area contributed by atoms with Gasteiger partial charge < -0.3 is 4.74 Å². The van der Waals surface area contributed by atoms with E-state index in [1.54, 1.807) is 6.07 Å². The van der Waals surface area contributed by atoms with Crippen molar-refractivity contribution in [1.82, 2.24) is 0 Å². The van der Waals surface area contributed by atoms with Gasteiger partial charge in [-0.3, -0.25) is 0 Å². The minimum Gasteiger partial charge on any atom is -0.486 e. The number of ether oxygens (including phenoxy) is 1. The Morgan fingerprint density at radius 2 is 1.56 bits per heavy atom. The largest absolute Gasteiger partial charge is 0.486 e. The van der Waals surface area contributed by atoms with Crippen LogP contribution in [-0.2, 0) is 0 Å². The molecule has 2 rings (SSSR count). The van der Waals surface area contributed by atoms with Crippen LogP contribution in [0.3, 0.4) is 0 Å². The standard InChI is InChI=1S/C11H9F4O/c12-7-5-8(10(14)11(15)9(7)13)16-6-3-1-2-4-6/h6H,1-4H2. The highest BCUT2D eigenvalue weighted by molar-refractivity contribution is 5.26. The predicted molar refractivity (Wildman–Crippen MR) is 48.0 cm³/mol. The van der Waals surface area contributed by atoms with Crippen molar-refractivity contribution >= 4 is 0 Å². The summed E-state index contributed by atoms with van der Waals surface area (Å²) in [5, 5.41) is 0. The van der Waals surface area contributed by atoms with Crippen molar-refractivity contribution in [3.05, 3.63) is 29.3 Å². The zero-order valence-corrected chi connectivity index (χ0v) is 8.33. The van der Waals surface area contributed by atoms with Crippen LogP contribution in [0.15, 0.2) is 0 Å². The van der Waals surface area contributed by atoms with Gasteiger partial charge in [0.15, 0.2) is 17.4 Å². The Kier molecular flexibility index (Phi) is 3.03. The summed E-state index contributed by atoms with van der Waals surface area (Å²) >= 11 is 0. The van der Waals surface area contributed by atoms with Gasteiger partial charge in [0.1, 0.15) is 0 Å². The normalized spacial score (nSPS) is 16.8. The van der Waals surface area contributed by atoms with Crippen molar-refractivity contribution in [2.24, 2.45) is 0 Å². The van der Waals surface area contributed by atoms with Crippen LogP contribution in [0, 0.1) is 29.3 Å². The average Bonchev–Trinajstić information content (AvgIpc) is 2.76. The van der Waals surface area contributed by atoms with Gasteiger partial charge in [-0.2, -0.15) is 4.39 Å². The van der Waals surface area contributed by atoms with E-state index < -0.39 is 29.0 Å². The fourth-order valence-electron chi connectivity index (χ4n) is 1.76. The van der Waals surface area contributed by atoms with Crippen molar-refractivity contribution in [2.45, 2.75) is 31.8 Å². The van der Waals surface area contributed by atoms with Crippen LogP contribution < -0.4 is 4.74 Å². The third-order valence-corrected chi connectivity index (χ3v) is 2.59. The summed E-state index contributed by atoms with van der Waals surface area (Å²) in [6.45, 7) is 0. The average molecular weight is 233 g/mol. The summed E-state index contributed by atoms with van der Waals surface area (Å²) in [5.41, 5.74) is 0. The second kappa shape index (κ2) is 4.31. The maximum absolute atomic E-state index is 13.2. The lowest BCUT2D eigenvalue weighted by Gasteiger charge is -2.13. The van der Waals surface area contributed by atoms with E-state index in [4.69, 9.17) is 4.74 Å². The van der Waals surface area contributed by atoms with Crippen molar-refractivity contribution in [2.75, 3.05) is 0 Å². The van der Waals surface area contributed by atoms with Crippen LogP contribution in [0.4, 0.5) is 17.6 Å². The highest BCUT2D eigenvalue weighted by Gasteiger charge is 2.24. The van der Waals surface area contributed by atoms with E-state index in [1.165, 1.54) is 0 Å². The summed E-state index contributed by atoms with van der Waals surface area (Å²) in [4.78, 5) is 0. The summed E-state index contributed by atoms with van der Waals surface area (Å²) < 4.78 is 56.4. The quantitative estimate of drug-likeness (QED) is 0.432. The van der Waals surface area contributed by atoms with Crippen LogP contribution >= 0.6 is 0 Å². The Morgan fingerprint density at radius 3 is 2.19 bits per heavy atom. The lowest BCUT2D eigenvalue weighted by atomic mass is 10.2. The summed E-state index contributed by atoms with van der Waals surface area (Å²) in [7, 11) is 0. The number of rotatable bonds is 2. The first-order valence-corrected chi connectivity index (χ1v) is 5.01. The molecule has 1 aromatic carbocycles. The Bertz CT molecular complexity index is 399. The van der Waals surface area contributed by atoms with Gasteiger partial charge in [-0.15, -0.1) is 0 Å². The smallest absolute Gasteiger partial charge is 0.204 e. The Hall–Kier alpha value is -1.26. The zero-order chi connectivity index (χ0) is 11.7. The second-order valence-electron chi connectivity index (χ2n) is 3.73. The molecule has 1 nitrogen and oxygen atoms in total. The molecule has 0 heterocycles. The van der Waals surface area contributed by atoms with Gasteiger partial charge in [0.05, 0.1) is 12.2 Å². The third kappa shape index (κ3) is 1.99. The number of hydrogen-bond donors (Lipinski definition) is 0. The molecule has 0 aliphatic heterocycles. The van der Waals surface area contributed by atoms with E-state index in [9.17, 15) is 17.6 Å². The molecule has 0 saturated heterocycles. The Labute approximate surface area is 90.0 Å². The molecule has 1 saturated carbocycles. The number of benzene rings is 1. The monoisotopic (exact) mass is 233 g/mol. The van der Waals surface area contributed by atoms with E-state index in [0.29, 0.717) is 12.8 Å². The molecule has 1 radical (unpaired) electrons. The van der Waals surface area contributed by atoms with Crippen molar-refractivity contribution in [3.63, 3.8) is 0 Å². The molecule has 0 N–H and O–H groups in total. The third-order valence-electron chi connectivity index (χ3n) is 2.59. The topological polar surface area (TPSA) is 9.23 Å². The van der Waals surface area contributed by atoms with E-state index in [0.717, 1.165) is 12.8 Å². The Morgan fingerprint density at radius 1 is 0.938 bits per heavy atom. The summed E-state index contributed by atoms with van der Waals surface area (Å²) in [6.07, 6.45) is 2.99. The maximum atomic E-state index is 13.2. The molecule has 1 fully saturated rings. The molecule has 1 aromatic rings. The molecule has 0 unspecified atom stereocenters. The summed E-state index contributed by atoms with van der Waals surface area (Å²) in [5.74, 6) is -7.48. The first-order chi connectivity index (χ1) is 7.59. The Balaban J connectivity index is 2.26. The molecule has 0 spiro atoms. The van der Waals surface area contributed by atoms with Crippen molar-refractivity contribution in [3.8, 4) is 5.75 Å². The molecular weight excluding hydrogens is 224 g/mol. The second-order valence-corrected chi connectivity index (χ2v) is 3.73. The molecule has 0 atom stereocenters. The predicted octanol–water partition coefficient (Wildman–Crippen LogP) is 3.36. The van der Waals surface area contributed by atoms with Crippen LogP contribution in [0.5, 0.6) is 5.75 Å². The molecule has 16 heavy (non-hydrogen) atoms. The maximum Gasteiger partial charge on any atom is 0.204 e. The lowest BCUT2D eigenvalue weighted by Crippen LogP contribution is -2.13. The molecule has 1 aliphatic rings. The van der Waals surface area contributed by atoms with Crippen molar-refractivity contribution in [1.29, 1.82) is 0 Å². The lowest BCUT2D eigenvalue weighted by molar-refractivity contribution is 0.194. The zero-order valence-electron chi connectivity index (χ0n) is 8.33. The van der Waals surface area contributed by atoms with Gasteiger partial charge in [-0.05, 0) is 25.7 Å². The highest BCUT2D eigenvalue weighted by atomic mass is 19.2. The molecule has 87 valence electrons. The van der Waals surface area contributed by atoms with Crippen LogP contribution in [-0.4, -0.2) is 6.10 Å². The molecular formula is C11H9F4O. The van der Waals surface area contributed by atoms with E-state index in [-0.39, 0.29) is 6.10 Å². The van der Waals surface area contributed by atoms with Gasteiger partial charge in [0.2, 0.25) is 11.6 Å². The molecule has 5 heteroatoms. The fraction of sp³-hybridized carbons (Fsp3) is 0.455. The number of hydrogen-bond acceptors (Lipinski definition) is 1. The van der Waals surface area contributed by atoms with E-state index in [2.05, 4.69) is 0 Å². The first-order valence-electron chi connectivity index (χ1n) is 5.01. The minimum absolute atomic E-state index is 0.269. The molecule has 0 bridgehead atoms. The SMILES string of the molecule is Fc1[c]c(OC2CCCC2)c(F)c(F)c1F. The van der Waals surface area contributed by atoms with Gasteiger partial charge in [-0.25, -0.2) is 13.2 Å². The first kappa shape index (κ1) is 11.2. The van der Waals surface area contributed by atoms with Gasteiger partial charge in [0.25, 0.3) is 0 Å². The van der Waals surface area contributed by atoms with Crippen LogP contribution in [0.25, 0.3) is 0 Å². The van der Waals surface area contributed by atoms with Crippen molar-refractivity contribution < 1.29 is 22.3 Å². The van der Waals surface area contributed by atoms with E-state index in [1.807, 2.05) is 0 Å².